The van der Waals surface area contributed by atoms with Crippen LogP contribution in [0.1, 0.15) is 39.5 Å². The smallest absolute Gasteiger partial charge is 0.267 e. The van der Waals surface area contributed by atoms with Gasteiger partial charge < -0.3 is 0 Å². The van der Waals surface area contributed by atoms with Crippen LogP contribution < -0.4 is 0 Å². The highest BCUT2D eigenvalue weighted by molar-refractivity contribution is 6.05. The number of rotatable bonds is 4. The van der Waals surface area contributed by atoms with E-state index in [1.807, 2.05) is 37.3 Å². The first-order valence-corrected chi connectivity index (χ1v) is 9.30. The molecule has 0 spiro atoms. The first-order chi connectivity index (χ1) is 14.0. The predicted molar refractivity (Wildman–Crippen MR) is 111 cm³/mol. The summed E-state index contributed by atoms with van der Waals surface area (Å²) in [6, 6.07) is 22.9. The van der Waals surface area contributed by atoms with E-state index in [2.05, 4.69) is 5.10 Å². The van der Waals surface area contributed by atoms with Crippen molar-refractivity contribution in [2.24, 2.45) is 5.10 Å². The van der Waals surface area contributed by atoms with Crippen LogP contribution in [0.25, 0.3) is 0 Å². The molecule has 1 unspecified atom stereocenters. The van der Waals surface area contributed by atoms with E-state index in [1.165, 1.54) is 17.1 Å². The molecular weight excluding hydrogens is 366 g/mol. The zero-order chi connectivity index (χ0) is 20.4. The number of nitrogens with zero attached hydrogens (tertiary/aromatic N) is 3. The van der Waals surface area contributed by atoms with E-state index in [4.69, 9.17) is 0 Å². The zero-order valence-corrected chi connectivity index (χ0v) is 15.9. The highest BCUT2D eigenvalue weighted by Crippen LogP contribution is 2.35. The molecular formula is C23H19N3O3. The van der Waals surface area contributed by atoms with Crippen molar-refractivity contribution in [3.05, 3.63) is 111 Å². The van der Waals surface area contributed by atoms with Gasteiger partial charge in [-0.1, -0.05) is 60.2 Å². The van der Waals surface area contributed by atoms with E-state index < -0.39 is 11.0 Å². The third kappa shape index (κ3) is 3.78. The Labute approximate surface area is 168 Å². The van der Waals surface area contributed by atoms with Crippen LogP contribution >= 0.6 is 0 Å². The molecule has 6 heteroatoms. The third-order valence-electron chi connectivity index (χ3n) is 4.99. The fourth-order valence-corrected chi connectivity index (χ4v) is 3.44. The highest BCUT2D eigenvalue weighted by atomic mass is 16.6. The summed E-state index contributed by atoms with van der Waals surface area (Å²) in [5.74, 6) is -0.232. The zero-order valence-electron chi connectivity index (χ0n) is 15.9. The lowest BCUT2D eigenvalue weighted by Gasteiger charge is -2.22. The van der Waals surface area contributed by atoms with Crippen molar-refractivity contribution in [2.75, 3.05) is 0 Å². The molecule has 6 nitrogen and oxygen atoms in total. The van der Waals surface area contributed by atoms with Crippen molar-refractivity contribution in [2.45, 2.75) is 19.4 Å². The number of amides is 1. The molecule has 0 fully saturated rings. The topological polar surface area (TPSA) is 75.8 Å². The summed E-state index contributed by atoms with van der Waals surface area (Å²) in [6.45, 7) is 2.01. The molecule has 0 aromatic heterocycles. The second kappa shape index (κ2) is 7.67. The minimum absolute atomic E-state index is 0.00149. The van der Waals surface area contributed by atoms with Crippen molar-refractivity contribution in [1.29, 1.82) is 0 Å². The molecule has 1 heterocycles. The molecule has 0 bridgehead atoms. The lowest BCUT2D eigenvalue weighted by Crippen LogP contribution is -2.27. The Hall–Kier alpha value is -3.80. The summed E-state index contributed by atoms with van der Waals surface area (Å²) in [5.41, 5.74) is 4.07. The van der Waals surface area contributed by atoms with Crippen LogP contribution in [0.3, 0.4) is 0 Å². The van der Waals surface area contributed by atoms with Gasteiger partial charge in [-0.15, -0.1) is 0 Å². The number of aryl methyl sites for hydroxylation is 1. The van der Waals surface area contributed by atoms with Crippen molar-refractivity contribution in [3.63, 3.8) is 0 Å². The number of hydrogen-bond acceptors (Lipinski definition) is 4. The van der Waals surface area contributed by atoms with Gasteiger partial charge in [0.05, 0.1) is 16.7 Å². The maximum Gasteiger partial charge on any atom is 0.274 e. The third-order valence-corrected chi connectivity index (χ3v) is 4.99. The normalized spacial score (nSPS) is 15.8. The Kier molecular flexibility index (Phi) is 4.91. The van der Waals surface area contributed by atoms with Gasteiger partial charge in [0.15, 0.2) is 0 Å². The van der Waals surface area contributed by atoms with Gasteiger partial charge >= 0.3 is 0 Å². The molecule has 29 heavy (non-hydrogen) atoms. The minimum atomic E-state index is -0.427. The van der Waals surface area contributed by atoms with Gasteiger partial charge in [0.25, 0.3) is 11.6 Å². The molecule has 1 amide bonds. The van der Waals surface area contributed by atoms with Crippen LogP contribution in [-0.4, -0.2) is 21.6 Å². The average molecular weight is 385 g/mol. The number of carbonyl (C=O) groups is 1. The molecule has 0 aliphatic carbocycles. The van der Waals surface area contributed by atoms with E-state index in [0.29, 0.717) is 17.5 Å². The minimum Gasteiger partial charge on any atom is -0.267 e. The van der Waals surface area contributed by atoms with Gasteiger partial charge in [-0.25, -0.2) is 5.01 Å². The fraction of sp³-hybridized carbons (Fsp3) is 0.130. The molecule has 3 aromatic rings. The lowest BCUT2D eigenvalue weighted by molar-refractivity contribution is -0.384. The van der Waals surface area contributed by atoms with Crippen LogP contribution in [0.15, 0.2) is 84.0 Å². The second-order valence-corrected chi connectivity index (χ2v) is 7.00. The number of non-ortho nitro benzene ring substituents is 1. The van der Waals surface area contributed by atoms with Gasteiger partial charge in [-0.2, -0.15) is 5.10 Å². The van der Waals surface area contributed by atoms with Crippen LogP contribution in [0.5, 0.6) is 0 Å². The average Bonchev–Trinajstić information content (AvgIpc) is 3.20. The Bertz CT molecular complexity index is 1090. The maximum atomic E-state index is 13.2. The van der Waals surface area contributed by atoms with Crippen LogP contribution in [0.4, 0.5) is 5.69 Å². The number of carbonyl (C=O) groups excluding carboxylic acids is 1. The molecule has 0 N–H and O–H groups in total. The van der Waals surface area contributed by atoms with E-state index in [-0.39, 0.29) is 11.6 Å². The summed E-state index contributed by atoms with van der Waals surface area (Å²) >= 11 is 0. The standard InChI is InChI=1S/C23H19N3O3/c1-16-10-12-17(13-11-16)21-15-22(19-8-5-9-20(14-19)26(28)29)25(24-21)23(27)18-6-3-2-4-7-18/h2-14,22H,15H2,1H3. The Morgan fingerprint density at radius 1 is 1.03 bits per heavy atom. The largest absolute Gasteiger partial charge is 0.274 e. The number of hydrogen-bond donors (Lipinski definition) is 0. The summed E-state index contributed by atoms with van der Waals surface area (Å²) in [6.07, 6.45) is 0.489. The summed E-state index contributed by atoms with van der Waals surface area (Å²) in [4.78, 5) is 24.0. The summed E-state index contributed by atoms with van der Waals surface area (Å²) < 4.78 is 0. The SMILES string of the molecule is Cc1ccc(C2=NN(C(=O)c3ccccc3)C(c3cccc([N+](=O)[O-])c3)C2)cc1. The highest BCUT2D eigenvalue weighted by Gasteiger charge is 2.34. The first-order valence-electron chi connectivity index (χ1n) is 9.30. The summed E-state index contributed by atoms with van der Waals surface area (Å²) in [7, 11) is 0. The van der Waals surface area contributed by atoms with Crippen molar-refractivity contribution in [1.82, 2.24) is 5.01 Å². The predicted octanol–water partition coefficient (Wildman–Crippen LogP) is 4.89. The van der Waals surface area contributed by atoms with E-state index >= 15 is 0 Å². The van der Waals surface area contributed by atoms with E-state index in [9.17, 15) is 14.9 Å². The first kappa shape index (κ1) is 18.6. The molecule has 1 aliphatic heterocycles. The molecule has 3 aromatic carbocycles. The van der Waals surface area contributed by atoms with E-state index in [1.54, 1.807) is 36.4 Å². The van der Waals surface area contributed by atoms with Gasteiger partial charge in [0.2, 0.25) is 0 Å². The Morgan fingerprint density at radius 3 is 2.45 bits per heavy atom. The van der Waals surface area contributed by atoms with Crippen molar-refractivity contribution in [3.8, 4) is 0 Å². The molecule has 1 atom stereocenters. The van der Waals surface area contributed by atoms with Gasteiger partial charge in [0.1, 0.15) is 0 Å². The van der Waals surface area contributed by atoms with Crippen molar-refractivity contribution >= 4 is 17.3 Å². The second-order valence-electron chi connectivity index (χ2n) is 7.00. The molecule has 1 aliphatic rings. The van der Waals surface area contributed by atoms with Crippen LogP contribution in [0.2, 0.25) is 0 Å². The molecule has 4 rings (SSSR count). The lowest BCUT2D eigenvalue weighted by atomic mass is 9.97. The van der Waals surface area contributed by atoms with E-state index in [0.717, 1.165) is 16.8 Å². The molecule has 0 saturated heterocycles. The summed E-state index contributed by atoms with van der Waals surface area (Å²) in [5, 5.41) is 17.3. The number of nitro groups is 1. The van der Waals surface area contributed by atoms with Gasteiger partial charge in [-0.05, 0) is 30.2 Å². The molecule has 0 radical (unpaired) electrons. The Balaban J connectivity index is 1.75. The molecule has 144 valence electrons. The number of nitro benzene ring substituents is 1. The quantitative estimate of drug-likeness (QED) is 0.474. The van der Waals surface area contributed by atoms with Crippen LogP contribution in [-0.2, 0) is 0 Å². The maximum absolute atomic E-state index is 13.2. The number of hydrazone groups is 1. The molecule has 0 saturated carbocycles. The van der Waals surface area contributed by atoms with Gasteiger partial charge in [-0.3, -0.25) is 14.9 Å². The van der Waals surface area contributed by atoms with Crippen LogP contribution in [0, 0.1) is 17.0 Å². The van der Waals surface area contributed by atoms with Gasteiger partial charge in [0, 0.05) is 24.1 Å². The fourth-order valence-electron chi connectivity index (χ4n) is 3.44. The Morgan fingerprint density at radius 2 is 1.76 bits per heavy atom. The monoisotopic (exact) mass is 385 g/mol. The number of benzene rings is 3. The van der Waals surface area contributed by atoms with Crippen molar-refractivity contribution < 1.29 is 9.72 Å².